The highest BCUT2D eigenvalue weighted by Crippen LogP contribution is 2.37. The van der Waals surface area contributed by atoms with Gasteiger partial charge in [0.2, 0.25) is 0 Å². The summed E-state index contributed by atoms with van der Waals surface area (Å²) in [7, 11) is 4.00. The lowest BCUT2D eigenvalue weighted by atomic mass is 9.75. The molecule has 15 heteroatoms. The Morgan fingerprint density at radius 3 is 2.20 bits per heavy atom. The molecule has 0 aliphatic heterocycles. The van der Waals surface area contributed by atoms with Crippen molar-refractivity contribution in [2.75, 3.05) is 20.8 Å². The smallest absolute Gasteiger partial charge is 0.416 e. The summed E-state index contributed by atoms with van der Waals surface area (Å²) in [5.41, 5.74) is -3.00. The zero-order chi connectivity index (χ0) is 32.3. The van der Waals surface area contributed by atoms with Gasteiger partial charge in [-0.25, -0.2) is 15.0 Å². The third-order valence-corrected chi connectivity index (χ3v) is 6.96. The maximum atomic E-state index is 13.4. The van der Waals surface area contributed by atoms with Gasteiger partial charge in [-0.3, -0.25) is 14.6 Å². The van der Waals surface area contributed by atoms with E-state index in [4.69, 9.17) is 9.47 Å². The van der Waals surface area contributed by atoms with Crippen LogP contribution in [0.15, 0.2) is 60.1 Å². The van der Waals surface area contributed by atoms with Crippen molar-refractivity contribution in [1.29, 1.82) is 0 Å². The van der Waals surface area contributed by atoms with Gasteiger partial charge in [-0.1, -0.05) is 18.2 Å². The first-order chi connectivity index (χ1) is 20.7. The van der Waals surface area contributed by atoms with Crippen molar-refractivity contribution >= 4 is 29.3 Å². The SMILES string of the molecule is COC(=O)CCC(CN=Cc1cc(C(F)(F)F)cc(C(F)(F)F)c1)(C(=O)OC)c1cccc(-c2ncnc3c2ncn3C)c1. The number of aryl methyl sites for hydroxylation is 1. The van der Waals surface area contributed by atoms with Gasteiger partial charge in [0, 0.05) is 25.2 Å². The van der Waals surface area contributed by atoms with Crippen LogP contribution in [-0.2, 0) is 43.9 Å². The number of nitrogens with zero attached hydrogens (tertiary/aromatic N) is 5. The third kappa shape index (κ3) is 6.71. The van der Waals surface area contributed by atoms with E-state index < -0.39 is 52.9 Å². The number of hydrogen-bond donors (Lipinski definition) is 0. The second-order valence-electron chi connectivity index (χ2n) is 9.79. The van der Waals surface area contributed by atoms with E-state index in [0.29, 0.717) is 40.1 Å². The number of rotatable bonds is 9. The lowest BCUT2D eigenvalue weighted by molar-refractivity contribution is -0.149. The predicted molar refractivity (Wildman–Crippen MR) is 146 cm³/mol. The molecule has 0 aliphatic carbocycles. The molecule has 2 aromatic heterocycles. The minimum atomic E-state index is -5.05. The number of halogens is 6. The Labute approximate surface area is 246 Å². The fourth-order valence-corrected chi connectivity index (χ4v) is 4.69. The Morgan fingerprint density at radius 1 is 0.909 bits per heavy atom. The number of carbonyl (C=O) groups is 2. The number of ether oxygens (including phenoxy) is 2. The first-order valence-electron chi connectivity index (χ1n) is 12.9. The third-order valence-electron chi connectivity index (χ3n) is 6.96. The number of benzene rings is 2. The summed E-state index contributed by atoms with van der Waals surface area (Å²) in [5, 5.41) is 0. The summed E-state index contributed by atoms with van der Waals surface area (Å²) in [6.07, 6.45) is -6.91. The van der Waals surface area contributed by atoms with Crippen molar-refractivity contribution in [3.63, 3.8) is 0 Å². The fourth-order valence-electron chi connectivity index (χ4n) is 4.69. The van der Waals surface area contributed by atoms with Gasteiger partial charge < -0.3 is 14.0 Å². The monoisotopic (exact) mass is 621 g/mol. The van der Waals surface area contributed by atoms with Crippen LogP contribution < -0.4 is 0 Å². The molecule has 0 amide bonds. The van der Waals surface area contributed by atoms with E-state index in [-0.39, 0.29) is 18.9 Å². The van der Waals surface area contributed by atoms with Gasteiger partial charge in [0.25, 0.3) is 0 Å². The molecule has 2 heterocycles. The van der Waals surface area contributed by atoms with E-state index in [1.165, 1.54) is 6.33 Å². The number of carbonyl (C=O) groups excluding carboxylic acids is 2. The minimum absolute atomic E-state index is 0.00361. The summed E-state index contributed by atoms with van der Waals surface area (Å²) in [4.78, 5) is 42.6. The van der Waals surface area contributed by atoms with Gasteiger partial charge in [-0.05, 0) is 41.8 Å². The van der Waals surface area contributed by atoms with Gasteiger partial charge in [-0.2, -0.15) is 26.3 Å². The normalized spacial score (nSPS) is 13.7. The van der Waals surface area contributed by atoms with Crippen molar-refractivity contribution in [3.8, 4) is 11.3 Å². The molecular formula is C29H25F6N5O4. The summed E-state index contributed by atoms with van der Waals surface area (Å²) in [5.74, 6) is -1.52. The van der Waals surface area contributed by atoms with Crippen LogP contribution in [0.25, 0.3) is 22.4 Å². The zero-order valence-corrected chi connectivity index (χ0v) is 23.5. The summed E-state index contributed by atoms with van der Waals surface area (Å²) in [6.45, 7) is -0.500. The fraction of sp³-hybridized carbons (Fsp3) is 0.310. The van der Waals surface area contributed by atoms with E-state index in [0.717, 1.165) is 20.4 Å². The first-order valence-corrected chi connectivity index (χ1v) is 12.9. The molecule has 0 bridgehead atoms. The van der Waals surface area contributed by atoms with Gasteiger partial charge >= 0.3 is 24.3 Å². The van der Waals surface area contributed by atoms with Crippen LogP contribution >= 0.6 is 0 Å². The highest BCUT2D eigenvalue weighted by atomic mass is 19.4. The topological polar surface area (TPSA) is 109 Å². The van der Waals surface area contributed by atoms with Gasteiger partial charge in [0.1, 0.15) is 23.0 Å². The van der Waals surface area contributed by atoms with Crippen LogP contribution in [0.2, 0.25) is 0 Å². The molecular weight excluding hydrogens is 596 g/mol. The molecule has 4 aromatic rings. The van der Waals surface area contributed by atoms with E-state index >= 15 is 0 Å². The van der Waals surface area contributed by atoms with Crippen molar-refractivity contribution in [1.82, 2.24) is 19.5 Å². The average Bonchev–Trinajstić information content (AvgIpc) is 3.38. The van der Waals surface area contributed by atoms with Crippen LogP contribution in [-0.4, -0.2) is 58.4 Å². The lowest BCUT2D eigenvalue weighted by Gasteiger charge is -2.30. The number of hydrogen-bond acceptors (Lipinski definition) is 8. The van der Waals surface area contributed by atoms with Crippen molar-refractivity contribution in [2.45, 2.75) is 30.6 Å². The highest BCUT2D eigenvalue weighted by Gasteiger charge is 2.42. The van der Waals surface area contributed by atoms with Crippen LogP contribution in [0, 0.1) is 0 Å². The number of fused-ring (bicyclic) bond motifs is 1. The molecule has 1 unspecified atom stereocenters. The van der Waals surface area contributed by atoms with Crippen LogP contribution in [0.4, 0.5) is 26.3 Å². The van der Waals surface area contributed by atoms with E-state index in [2.05, 4.69) is 19.9 Å². The molecule has 0 N–H and O–H groups in total. The van der Waals surface area contributed by atoms with Gasteiger partial charge in [0.15, 0.2) is 5.65 Å². The van der Waals surface area contributed by atoms with E-state index in [9.17, 15) is 35.9 Å². The number of aromatic nitrogens is 4. The Balaban J connectivity index is 1.82. The zero-order valence-electron chi connectivity index (χ0n) is 23.5. The molecule has 1 atom stereocenters. The Bertz CT molecular complexity index is 1680. The molecule has 232 valence electrons. The maximum absolute atomic E-state index is 13.4. The summed E-state index contributed by atoms with van der Waals surface area (Å²) < 4.78 is 91.8. The number of alkyl halides is 6. The Morgan fingerprint density at radius 2 is 1.59 bits per heavy atom. The van der Waals surface area contributed by atoms with Crippen molar-refractivity contribution in [2.24, 2.45) is 12.0 Å². The standard InChI is InChI=1S/C29H25F6N5O4/c1-40-16-39-24-23(37-15-38-25(24)40)18-5-4-6-19(11-18)27(26(42)44-3,8-7-22(41)43-2)14-36-13-17-9-20(28(30,31)32)12-21(10-17)29(33,34)35/h4-6,9-13,15-16H,7-8,14H2,1-3H3. The second kappa shape index (κ2) is 12.4. The second-order valence-corrected chi connectivity index (χ2v) is 9.79. The number of imidazole rings is 1. The van der Waals surface area contributed by atoms with Gasteiger partial charge in [0.05, 0.1) is 38.2 Å². The van der Waals surface area contributed by atoms with Crippen molar-refractivity contribution < 1.29 is 45.4 Å². The predicted octanol–water partition coefficient (Wildman–Crippen LogP) is 5.55. The van der Waals surface area contributed by atoms with Gasteiger partial charge in [-0.15, -0.1) is 0 Å². The molecule has 0 saturated carbocycles. The lowest BCUT2D eigenvalue weighted by Crippen LogP contribution is -2.41. The highest BCUT2D eigenvalue weighted by molar-refractivity contribution is 5.89. The van der Waals surface area contributed by atoms with E-state index in [1.807, 2.05) is 0 Å². The number of esters is 2. The molecule has 0 radical (unpaired) electrons. The maximum Gasteiger partial charge on any atom is 0.416 e. The van der Waals surface area contributed by atoms with Crippen LogP contribution in [0.1, 0.15) is 35.1 Å². The Hall–Kier alpha value is -4.82. The Kier molecular flexibility index (Phi) is 9.06. The average molecular weight is 622 g/mol. The van der Waals surface area contributed by atoms with Crippen LogP contribution in [0.3, 0.4) is 0 Å². The molecule has 0 aliphatic rings. The largest absolute Gasteiger partial charge is 0.469 e. The molecule has 0 saturated heterocycles. The number of aliphatic imine (C=N–C) groups is 1. The van der Waals surface area contributed by atoms with Crippen molar-refractivity contribution in [3.05, 3.63) is 77.4 Å². The van der Waals surface area contributed by atoms with Crippen LogP contribution in [0.5, 0.6) is 0 Å². The molecule has 9 nitrogen and oxygen atoms in total. The van der Waals surface area contributed by atoms with E-state index in [1.54, 1.807) is 42.2 Å². The molecule has 0 fully saturated rings. The quantitative estimate of drug-likeness (QED) is 0.137. The first kappa shape index (κ1) is 32.1. The molecule has 44 heavy (non-hydrogen) atoms. The molecule has 4 rings (SSSR count). The summed E-state index contributed by atoms with van der Waals surface area (Å²) in [6, 6.07) is 7.52. The summed E-state index contributed by atoms with van der Waals surface area (Å²) >= 11 is 0. The molecule has 2 aromatic carbocycles. The molecule has 0 spiro atoms. The number of methoxy groups -OCH3 is 2. The minimum Gasteiger partial charge on any atom is -0.469 e.